The lowest BCUT2D eigenvalue weighted by molar-refractivity contribution is -0.0613. The number of aromatic amines is 1. The number of fused-ring (bicyclic) bond motifs is 1. The van der Waals surface area contributed by atoms with Gasteiger partial charge in [-0.05, 0) is 49.4 Å². The van der Waals surface area contributed by atoms with Gasteiger partial charge in [-0.15, -0.1) is 0 Å². The van der Waals surface area contributed by atoms with Crippen LogP contribution in [0, 0.1) is 11.8 Å². The van der Waals surface area contributed by atoms with E-state index in [0.29, 0.717) is 11.8 Å². The first-order valence-corrected chi connectivity index (χ1v) is 9.74. The van der Waals surface area contributed by atoms with Gasteiger partial charge in [0.05, 0.1) is 24.6 Å². The molecule has 2 aromatic rings. The molecular weight excluding hydrogens is 326 g/mol. The largest absolute Gasteiger partial charge is 0.497 e. The molecule has 3 atom stereocenters. The van der Waals surface area contributed by atoms with Crippen molar-refractivity contribution in [1.29, 1.82) is 0 Å². The van der Waals surface area contributed by atoms with E-state index in [0.717, 1.165) is 55.9 Å². The molecule has 2 heterocycles. The van der Waals surface area contributed by atoms with Gasteiger partial charge in [0, 0.05) is 36.7 Å². The average molecular weight is 355 g/mol. The summed E-state index contributed by atoms with van der Waals surface area (Å²) in [6, 6.07) is 8.09. The topological polar surface area (TPSA) is 61.4 Å². The van der Waals surface area contributed by atoms with E-state index in [-0.39, 0.29) is 0 Å². The highest BCUT2D eigenvalue weighted by atomic mass is 16.5. The van der Waals surface area contributed by atoms with Gasteiger partial charge < -0.3 is 9.84 Å². The van der Waals surface area contributed by atoms with Crippen molar-refractivity contribution in [2.24, 2.45) is 11.8 Å². The minimum atomic E-state index is -0.465. The zero-order valence-electron chi connectivity index (χ0n) is 15.7. The minimum Gasteiger partial charge on any atom is -0.497 e. The van der Waals surface area contributed by atoms with Crippen LogP contribution < -0.4 is 4.74 Å². The maximum atomic E-state index is 11.0. The van der Waals surface area contributed by atoms with E-state index in [9.17, 15) is 5.11 Å². The van der Waals surface area contributed by atoms with Crippen LogP contribution in [0.15, 0.2) is 30.5 Å². The smallest absolute Gasteiger partial charge is 0.118 e. The van der Waals surface area contributed by atoms with Crippen LogP contribution in [-0.2, 0) is 6.54 Å². The zero-order valence-corrected chi connectivity index (χ0v) is 15.7. The fourth-order valence-corrected chi connectivity index (χ4v) is 4.97. The molecular formula is C21H29N3O2. The van der Waals surface area contributed by atoms with Crippen LogP contribution in [-0.4, -0.2) is 46.0 Å². The standard InChI is InChI=1S/C21H29N3O2/c1-3-21(25)10-4-5-16-12-24(14-19(16)21)13-17-11-22-23-20(17)15-6-8-18(26-2)9-7-15/h6-9,11,16,19,25H,3-5,10,12-14H2,1-2H3,(H,22,23)/t16-,19+,21-/m0/s1. The van der Waals surface area contributed by atoms with E-state index in [1.54, 1.807) is 7.11 Å². The SMILES string of the molecule is CC[C@]1(O)CCC[C@H]2CN(Cc3cn[nH]c3-c3ccc(OC)cc3)C[C@H]21. The number of methoxy groups -OCH3 is 1. The van der Waals surface area contributed by atoms with Gasteiger partial charge in [-0.2, -0.15) is 5.10 Å². The molecule has 1 saturated carbocycles. The summed E-state index contributed by atoms with van der Waals surface area (Å²) in [4.78, 5) is 2.50. The Morgan fingerprint density at radius 2 is 2.12 bits per heavy atom. The molecule has 0 amide bonds. The third-order valence-corrected chi connectivity index (χ3v) is 6.49. The van der Waals surface area contributed by atoms with Crippen molar-refractivity contribution >= 4 is 0 Å². The van der Waals surface area contributed by atoms with Crippen molar-refractivity contribution in [1.82, 2.24) is 15.1 Å². The molecule has 1 aliphatic heterocycles. The molecule has 0 unspecified atom stereocenters. The second-order valence-corrected chi connectivity index (χ2v) is 7.91. The molecule has 1 aromatic heterocycles. The van der Waals surface area contributed by atoms with Crippen LogP contribution in [0.3, 0.4) is 0 Å². The second-order valence-electron chi connectivity index (χ2n) is 7.91. The first-order valence-electron chi connectivity index (χ1n) is 9.74. The maximum Gasteiger partial charge on any atom is 0.118 e. The number of nitrogens with zero attached hydrogens (tertiary/aromatic N) is 2. The van der Waals surface area contributed by atoms with E-state index in [2.05, 4.69) is 34.2 Å². The highest BCUT2D eigenvalue weighted by Gasteiger charge is 2.47. The lowest BCUT2D eigenvalue weighted by Crippen LogP contribution is -2.44. The predicted octanol–water partition coefficient (Wildman–Crippen LogP) is 3.46. The molecule has 2 N–H and O–H groups in total. The Bertz CT molecular complexity index is 742. The third kappa shape index (κ3) is 3.14. The summed E-state index contributed by atoms with van der Waals surface area (Å²) in [5.74, 6) is 1.90. The van der Waals surface area contributed by atoms with Gasteiger partial charge in [0.2, 0.25) is 0 Å². The average Bonchev–Trinajstić information content (AvgIpc) is 3.30. The van der Waals surface area contributed by atoms with Crippen molar-refractivity contribution in [2.75, 3.05) is 20.2 Å². The Morgan fingerprint density at radius 1 is 1.31 bits per heavy atom. The van der Waals surface area contributed by atoms with Gasteiger partial charge in [-0.3, -0.25) is 10.00 Å². The minimum absolute atomic E-state index is 0.414. The monoisotopic (exact) mass is 355 g/mol. The predicted molar refractivity (Wildman–Crippen MR) is 102 cm³/mol. The molecule has 2 fully saturated rings. The normalized spacial score (nSPS) is 28.9. The van der Waals surface area contributed by atoms with Gasteiger partial charge in [0.25, 0.3) is 0 Å². The number of aromatic nitrogens is 2. The van der Waals surface area contributed by atoms with Crippen molar-refractivity contribution in [3.8, 4) is 17.0 Å². The van der Waals surface area contributed by atoms with Crippen LogP contribution in [0.1, 0.15) is 38.2 Å². The molecule has 1 aromatic carbocycles. The first kappa shape index (κ1) is 17.6. The maximum absolute atomic E-state index is 11.0. The molecule has 4 rings (SSSR count). The van der Waals surface area contributed by atoms with Gasteiger partial charge in [0.1, 0.15) is 5.75 Å². The van der Waals surface area contributed by atoms with Crippen LogP contribution in [0.2, 0.25) is 0 Å². The Balaban J connectivity index is 1.50. The molecule has 5 heteroatoms. The zero-order chi connectivity index (χ0) is 18.1. The molecule has 1 aliphatic carbocycles. The van der Waals surface area contributed by atoms with Crippen LogP contribution in [0.4, 0.5) is 0 Å². The van der Waals surface area contributed by atoms with E-state index in [4.69, 9.17) is 4.74 Å². The van der Waals surface area contributed by atoms with Crippen LogP contribution in [0.5, 0.6) is 5.75 Å². The summed E-state index contributed by atoms with van der Waals surface area (Å²) < 4.78 is 5.25. The van der Waals surface area contributed by atoms with Gasteiger partial charge in [-0.1, -0.05) is 13.3 Å². The van der Waals surface area contributed by atoms with Crippen molar-refractivity contribution < 1.29 is 9.84 Å². The Kier molecular flexibility index (Phi) is 4.76. The van der Waals surface area contributed by atoms with E-state index in [1.807, 2.05) is 18.3 Å². The number of likely N-dealkylation sites (tertiary alicyclic amines) is 1. The molecule has 2 aliphatic rings. The number of benzene rings is 1. The molecule has 0 radical (unpaired) electrons. The summed E-state index contributed by atoms with van der Waals surface area (Å²) >= 11 is 0. The lowest BCUT2D eigenvalue weighted by atomic mass is 9.69. The molecule has 0 spiro atoms. The van der Waals surface area contributed by atoms with Crippen molar-refractivity contribution in [2.45, 2.75) is 44.8 Å². The number of aliphatic hydroxyl groups is 1. The first-order chi connectivity index (χ1) is 12.6. The van der Waals surface area contributed by atoms with Crippen LogP contribution >= 0.6 is 0 Å². The van der Waals surface area contributed by atoms with Gasteiger partial charge in [-0.25, -0.2) is 0 Å². The Morgan fingerprint density at radius 3 is 2.85 bits per heavy atom. The fraction of sp³-hybridized carbons (Fsp3) is 0.571. The quantitative estimate of drug-likeness (QED) is 0.862. The summed E-state index contributed by atoms with van der Waals surface area (Å²) in [5, 5.41) is 18.5. The molecule has 5 nitrogen and oxygen atoms in total. The summed E-state index contributed by atoms with van der Waals surface area (Å²) in [5.41, 5.74) is 2.95. The summed E-state index contributed by atoms with van der Waals surface area (Å²) in [7, 11) is 1.68. The Labute approximate surface area is 155 Å². The van der Waals surface area contributed by atoms with E-state index < -0.39 is 5.60 Å². The third-order valence-electron chi connectivity index (χ3n) is 6.49. The molecule has 26 heavy (non-hydrogen) atoms. The van der Waals surface area contributed by atoms with Crippen LogP contribution in [0.25, 0.3) is 11.3 Å². The van der Waals surface area contributed by atoms with Gasteiger partial charge >= 0.3 is 0 Å². The highest BCUT2D eigenvalue weighted by molar-refractivity contribution is 5.63. The lowest BCUT2D eigenvalue weighted by Gasteiger charge is -2.40. The number of nitrogens with one attached hydrogen (secondary N) is 1. The molecule has 140 valence electrons. The van der Waals surface area contributed by atoms with Crippen molar-refractivity contribution in [3.63, 3.8) is 0 Å². The number of hydrogen-bond donors (Lipinski definition) is 2. The fourth-order valence-electron chi connectivity index (χ4n) is 4.97. The summed E-state index contributed by atoms with van der Waals surface area (Å²) in [6.07, 6.45) is 6.17. The molecule has 1 saturated heterocycles. The van der Waals surface area contributed by atoms with Gasteiger partial charge in [0.15, 0.2) is 0 Å². The molecule has 0 bridgehead atoms. The van der Waals surface area contributed by atoms with E-state index >= 15 is 0 Å². The number of rotatable bonds is 5. The number of hydrogen-bond acceptors (Lipinski definition) is 4. The van der Waals surface area contributed by atoms with Crippen molar-refractivity contribution in [3.05, 3.63) is 36.0 Å². The number of H-pyrrole nitrogens is 1. The second kappa shape index (κ2) is 7.05. The van der Waals surface area contributed by atoms with E-state index in [1.165, 1.54) is 12.0 Å². The summed E-state index contributed by atoms with van der Waals surface area (Å²) in [6.45, 7) is 5.08. The highest BCUT2D eigenvalue weighted by Crippen LogP contribution is 2.44. The number of ether oxygens (including phenoxy) is 1. The Hall–Kier alpha value is -1.85.